The van der Waals surface area contributed by atoms with E-state index in [-0.39, 0.29) is 40.9 Å². The van der Waals surface area contributed by atoms with Crippen LogP contribution in [0.25, 0.3) is 0 Å². The molecule has 1 N–H and O–H groups in total. The van der Waals surface area contributed by atoms with Gasteiger partial charge in [-0.25, -0.2) is 0 Å². The molecule has 1 unspecified atom stereocenters. The molecular formula is C7H7NaO4S. The third kappa shape index (κ3) is 4.02. The quantitative estimate of drug-likeness (QED) is 0.444. The number of aldehydes is 1. The van der Waals surface area contributed by atoms with E-state index in [0.717, 1.165) is 0 Å². The van der Waals surface area contributed by atoms with Crippen LogP contribution in [0.2, 0.25) is 0 Å². The summed E-state index contributed by atoms with van der Waals surface area (Å²) in [4.78, 5) is 10.3. The SMILES string of the molecule is O=Cc1ccccc1OS(=O)O.[NaH]. The van der Waals surface area contributed by atoms with Crippen LogP contribution in [-0.4, -0.2) is 44.6 Å². The Kier molecular flexibility index (Phi) is 6.19. The number of benzene rings is 1. The molecule has 4 nitrogen and oxygen atoms in total. The first-order chi connectivity index (χ1) is 5.74. The first-order valence-electron chi connectivity index (χ1n) is 3.07. The minimum absolute atomic E-state index is 0. The number of hydrogen-bond acceptors (Lipinski definition) is 3. The van der Waals surface area contributed by atoms with Crippen molar-refractivity contribution in [1.82, 2.24) is 0 Å². The van der Waals surface area contributed by atoms with Gasteiger partial charge in [0.05, 0.1) is 5.56 Å². The van der Waals surface area contributed by atoms with Crippen LogP contribution in [0.1, 0.15) is 10.4 Å². The van der Waals surface area contributed by atoms with Crippen LogP contribution in [0.4, 0.5) is 0 Å². The summed E-state index contributed by atoms with van der Waals surface area (Å²) in [7, 11) is 0. The molecule has 1 aromatic rings. The molecule has 0 aliphatic heterocycles. The average Bonchev–Trinajstić information content (AvgIpc) is 2.04. The van der Waals surface area contributed by atoms with Crippen LogP contribution in [0.15, 0.2) is 24.3 Å². The van der Waals surface area contributed by atoms with Gasteiger partial charge in [0.25, 0.3) is 0 Å². The number of para-hydroxylation sites is 1. The van der Waals surface area contributed by atoms with Gasteiger partial charge >= 0.3 is 40.9 Å². The van der Waals surface area contributed by atoms with Gasteiger partial charge in [0.2, 0.25) is 0 Å². The van der Waals surface area contributed by atoms with E-state index in [1.807, 2.05) is 0 Å². The van der Waals surface area contributed by atoms with Crippen LogP contribution in [0.3, 0.4) is 0 Å². The Balaban J connectivity index is 0.00000144. The summed E-state index contributed by atoms with van der Waals surface area (Å²) in [5, 5.41) is 0. The summed E-state index contributed by atoms with van der Waals surface area (Å²) >= 11 is -2.39. The molecule has 1 rings (SSSR count). The molecule has 0 spiro atoms. The number of carbonyl (C=O) groups is 1. The van der Waals surface area contributed by atoms with E-state index in [1.165, 1.54) is 12.1 Å². The molecule has 0 bridgehead atoms. The summed E-state index contributed by atoms with van der Waals surface area (Å²) in [6.07, 6.45) is 0.558. The topological polar surface area (TPSA) is 63.6 Å². The third-order valence-corrected chi connectivity index (χ3v) is 1.53. The van der Waals surface area contributed by atoms with Crippen molar-refractivity contribution in [2.45, 2.75) is 0 Å². The van der Waals surface area contributed by atoms with Crippen molar-refractivity contribution >= 4 is 47.2 Å². The van der Waals surface area contributed by atoms with E-state index >= 15 is 0 Å². The molecule has 1 atom stereocenters. The molecule has 6 heteroatoms. The van der Waals surface area contributed by atoms with E-state index in [4.69, 9.17) is 4.55 Å². The molecule has 0 radical (unpaired) electrons. The van der Waals surface area contributed by atoms with Gasteiger partial charge in [0.1, 0.15) is 0 Å². The monoisotopic (exact) mass is 210 g/mol. The van der Waals surface area contributed by atoms with Gasteiger partial charge in [-0.1, -0.05) is 12.1 Å². The Bertz CT molecular complexity index is 315. The van der Waals surface area contributed by atoms with Crippen molar-refractivity contribution in [3.05, 3.63) is 29.8 Å². The third-order valence-electron chi connectivity index (χ3n) is 1.21. The van der Waals surface area contributed by atoms with Crippen molar-refractivity contribution in [1.29, 1.82) is 0 Å². The molecule has 0 heterocycles. The Hall–Kier alpha value is -0.200. The van der Waals surface area contributed by atoms with Gasteiger partial charge in [0, 0.05) is 0 Å². The van der Waals surface area contributed by atoms with E-state index in [1.54, 1.807) is 12.1 Å². The molecule has 0 aliphatic carbocycles. The summed E-state index contributed by atoms with van der Waals surface area (Å²) in [5.41, 5.74) is 0.250. The zero-order valence-corrected chi connectivity index (χ0v) is 6.78. The molecule has 0 fully saturated rings. The van der Waals surface area contributed by atoms with E-state index in [2.05, 4.69) is 4.18 Å². The van der Waals surface area contributed by atoms with Gasteiger partial charge in [-0.15, -0.1) is 0 Å². The van der Waals surface area contributed by atoms with Gasteiger partial charge in [-0.3, -0.25) is 9.35 Å². The molecule has 0 saturated carbocycles. The van der Waals surface area contributed by atoms with Crippen molar-refractivity contribution < 1.29 is 17.7 Å². The standard InChI is InChI=1S/C7H6O4S.Na.H/c8-5-6-3-1-2-4-7(6)11-12(9)10;;/h1-5H,(H,9,10);;. The number of hydrogen-bond donors (Lipinski definition) is 1. The van der Waals surface area contributed by atoms with Crippen molar-refractivity contribution in [3.63, 3.8) is 0 Å². The Morgan fingerprint density at radius 1 is 1.38 bits per heavy atom. The van der Waals surface area contributed by atoms with Crippen LogP contribution in [-0.2, 0) is 11.4 Å². The zero-order chi connectivity index (χ0) is 8.97. The Labute approximate surface area is 100 Å². The predicted octanol–water partition coefficient (Wildman–Crippen LogP) is 0.366. The van der Waals surface area contributed by atoms with Gasteiger partial charge < -0.3 is 4.18 Å². The molecule has 0 aromatic heterocycles. The van der Waals surface area contributed by atoms with Crippen molar-refractivity contribution in [2.75, 3.05) is 0 Å². The summed E-state index contributed by atoms with van der Waals surface area (Å²) in [6, 6.07) is 6.18. The Morgan fingerprint density at radius 3 is 2.54 bits per heavy atom. The number of carbonyl (C=O) groups excluding carboxylic acids is 1. The Morgan fingerprint density at radius 2 is 2.00 bits per heavy atom. The van der Waals surface area contributed by atoms with E-state index in [9.17, 15) is 9.00 Å². The molecule has 0 saturated heterocycles. The predicted molar refractivity (Wildman–Crippen MR) is 50.4 cm³/mol. The first-order valence-corrected chi connectivity index (χ1v) is 4.10. The van der Waals surface area contributed by atoms with Crippen LogP contribution < -0.4 is 4.18 Å². The fourth-order valence-electron chi connectivity index (χ4n) is 0.731. The van der Waals surface area contributed by atoms with Crippen molar-refractivity contribution in [3.8, 4) is 5.75 Å². The fourth-order valence-corrected chi connectivity index (χ4v) is 1.04. The van der Waals surface area contributed by atoms with Gasteiger partial charge in [-0.2, -0.15) is 4.21 Å². The second-order valence-electron chi connectivity index (χ2n) is 1.96. The molecule has 1 aromatic carbocycles. The van der Waals surface area contributed by atoms with Gasteiger partial charge in [0.15, 0.2) is 12.0 Å². The molecule has 66 valence electrons. The molecular weight excluding hydrogens is 203 g/mol. The molecule has 0 amide bonds. The minimum atomic E-state index is -2.39. The first kappa shape index (κ1) is 12.8. The second-order valence-corrected chi connectivity index (χ2v) is 2.56. The van der Waals surface area contributed by atoms with Crippen LogP contribution >= 0.6 is 0 Å². The second kappa shape index (κ2) is 6.28. The van der Waals surface area contributed by atoms with Crippen LogP contribution in [0.5, 0.6) is 5.75 Å². The maximum atomic E-state index is 10.3. The number of rotatable bonds is 3. The molecule has 0 aliphatic rings. The van der Waals surface area contributed by atoms with E-state index in [0.29, 0.717) is 6.29 Å². The van der Waals surface area contributed by atoms with Crippen LogP contribution in [0, 0.1) is 0 Å². The molecule has 13 heavy (non-hydrogen) atoms. The van der Waals surface area contributed by atoms with Gasteiger partial charge in [-0.05, 0) is 12.1 Å². The normalized spacial score (nSPS) is 11.2. The maximum absolute atomic E-state index is 10.3. The van der Waals surface area contributed by atoms with Crippen molar-refractivity contribution in [2.24, 2.45) is 0 Å². The summed E-state index contributed by atoms with van der Waals surface area (Å²) in [6.45, 7) is 0. The summed E-state index contributed by atoms with van der Waals surface area (Å²) in [5.74, 6) is 0.105. The zero-order valence-electron chi connectivity index (χ0n) is 5.97. The van der Waals surface area contributed by atoms with E-state index < -0.39 is 11.4 Å². The average molecular weight is 210 g/mol. The summed E-state index contributed by atoms with van der Waals surface area (Å²) < 4.78 is 23.0. The fraction of sp³-hybridized carbons (Fsp3) is 0.